The van der Waals surface area contributed by atoms with E-state index in [4.69, 9.17) is 11.6 Å². The van der Waals surface area contributed by atoms with Crippen LogP contribution >= 0.6 is 11.6 Å². The van der Waals surface area contributed by atoms with Crippen LogP contribution in [0.4, 0.5) is 4.39 Å². The average Bonchev–Trinajstić information content (AvgIpc) is 2.06. The number of halogens is 2. The van der Waals surface area contributed by atoms with Gasteiger partial charge in [0.15, 0.2) is 0 Å². The molecule has 12 heavy (non-hydrogen) atoms. The summed E-state index contributed by atoms with van der Waals surface area (Å²) >= 11 is 5.64. The highest BCUT2D eigenvalue weighted by Crippen LogP contribution is 2.18. The number of aliphatic hydroxyl groups is 1. The summed E-state index contributed by atoms with van der Waals surface area (Å²) in [6.45, 7) is -0.510. The Balaban J connectivity index is 2.68. The molecule has 1 aromatic rings. The van der Waals surface area contributed by atoms with E-state index < -0.39 is 12.8 Å². The highest BCUT2D eigenvalue weighted by atomic mass is 35.5. The molecule has 0 aliphatic rings. The molecule has 66 valence electrons. The minimum absolute atomic E-state index is 0.141. The number of aliphatic hydroxyl groups excluding tert-OH is 1. The summed E-state index contributed by atoms with van der Waals surface area (Å²) in [6.07, 6.45) is -0.575. The fraction of sp³-hybridized carbons (Fsp3) is 0.333. The predicted octanol–water partition coefficient (Wildman–Crippen LogP) is 2.73. The van der Waals surface area contributed by atoms with Gasteiger partial charge in [-0.15, -0.1) is 0 Å². The van der Waals surface area contributed by atoms with Crippen LogP contribution in [-0.2, 0) is 0 Å². The first kappa shape index (κ1) is 9.49. The molecule has 0 spiro atoms. The average molecular weight is 189 g/mol. The van der Waals surface area contributed by atoms with Gasteiger partial charge in [-0.3, -0.25) is 4.39 Å². The predicted molar refractivity (Wildman–Crippen MR) is 47.0 cm³/mol. The molecule has 0 saturated carbocycles. The lowest BCUT2D eigenvalue weighted by atomic mass is 10.1. The first-order chi connectivity index (χ1) is 5.74. The van der Waals surface area contributed by atoms with Crippen LogP contribution in [0.1, 0.15) is 18.1 Å². The Hall–Kier alpha value is -0.600. The van der Waals surface area contributed by atoms with Gasteiger partial charge in [0.25, 0.3) is 0 Å². The second-order valence-corrected chi connectivity index (χ2v) is 2.98. The molecule has 0 saturated heterocycles. The van der Waals surface area contributed by atoms with Crippen molar-refractivity contribution in [2.24, 2.45) is 0 Å². The lowest BCUT2D eigenvalue weighted by Gasteiger charge is -2.07. The van der Waals surface area contributed by atoms with E-state index in [2.05, 4.69) is 0 Å². The van der Waals surface area contributed by atoms with Crippen LogP contribution in [0.2, 0.25) is 5.02 Å². The normalized spacial score (nSPS) is 12.9. The van der Waals surface area contributed by atoms with Crippen LogP contribution in [0, 0.1) is 0 Å². The van der Waals surface area contributed by atoms with Crippen LogP contribution in [0.3, 0.4) is 0 Å². The Labute approximate surface area is 75.8 Å². The van der Waals surface area contributed by atoms with Crippen LogP contribution in [0.5, 0.6) is 0 Å². The molecule has 0 radical (unpaired) electrons. The fourth-order valence-corrected chi connectivity index (χ4v) is 1.08. The lowest BCUT2D eigenvalue weighted by Crippen LogP contribution is -1.97. The molecule has 1 nitrogen and oxygen atoms in total. The maximum absolute atomic E-state index is 11.8. The monoisotopic (exact) mass is 188 g/mol. The zero-order valence-electron chi connectivity index (χ0n) is 6.50. The summed E-state index contributed by atoms with van der Waals surface area (Å²) in [7, 11) is 0. The molecule has 0 heterocycles. The standard InChI is InChI=1S/C9H10ClFO/c10-8-3-1-7(2-4-8)9(12)5-6-11/h1-4,9,12H,5-6H2. The molecular weight excluding hydrogens is 179 g/mol. The van der Waals surface area contributed by atoms with Gasteiger partial charge < -0.3 is 5.11 Å². The highest BCUT2D eigenvalue weighted by Gasteiger charge is 2.05. The molecule has 0 aliphatic heterocycles. The van der Waals surface area contributed by atoms with Crippen molar-refractivity contribution in [1.29, 1.82) is 0 Å². The van der Waals surface area contributed by atoms with Gasteiger partial charge in [-0.2, -0.15) is 0 Å². The zero-order valence-corrected chi connectivity index (χ0v) is 7.26. The summed E-state index contributed by atoms with van der Waals surface area (Å²) in [5.74, 6) is 0. The lowest BCUT2D eigenvalue weighted by molar-refractivity contribution is 0.156. The Kier molecular flexibility index (Phi) is 3.50. The van der Waals surface area contributed by atoms with Crippen LogP contribution < -0.4 is 0 Å². The number of rotatable bonds is 3. The maximum Gasteiger partial charge on any atom is 0.0922 e. The van der Waals surface area contributed by atoms with E-state index in [0.717, 1.165) is 0 Å². The van der Waals surface area contributed by atoms with Crippen molar-refractivity contribution in [3.63, 3.8) is 0 Å². The molecule has 1 unspecified atom stereocenters. The third kappa shape index (κ3) is 2.47. The fourth-order valence-electron chi connectivity index (χ4n) is 0.955. The van der Waals surface area contributed by atoms with Crippen molar-refractivity contribution < 1.29 is 9.50 Å². The minimum atomic E-state index is -0.715. The minimum Gasteiger partial charge on any atom is -0.388 e. The van der Waals surface area contributed by atoms with Gasteiger partial charge in [0.1, 0.15) is 0 Å². The van der Waals surface area contributed by atoms with Gasteiger partial charge >= 0.3 is 0 Å². The first-order valence-electron chi connectivity index (χ1n) is 3.73. The molecule has 1 atom stereocenters. The molecule has 3 heteroatoms. The van der Waals surface area contributed by atoms with Gasteiger partial charge in [0, 0.05) is 11.4 Å². The summed E-state index contributed by atoms with van der Waals surface area (Å²) in [6, 6.07) is 6.75. The number of hydrogen-bond donors (Lipinski definition) is 1. The van der Waals surface area contributed by atoms with Crippen molar-refractivity contribution in [2.75, 3.05) is 6.67 Å². The SMILES string of the molecule is OC(CCF)c1ccc(Cl)cc1. The molecule has 0 fully saturated rings. The van der Waals surface area contributed by atoms with Gasteiger partial charge in [0.2, 0.25) is 0 Å². The summed E-state index contributed by atoms with van der Waals surface area (Å²) in [4.78, 5) is 0. The topological polar surface area (TPSA) is 20.2 Å². The van der Waals surface area contributed by atoms with E-state index in [0.29, 0.717) is 10.6 Å². The van der Waals surface area contributed by atoms with Crippen molar-refractivity contribution in [2.45, 2.75) is 12.5 Å². The smallest absolute Gasteiger partial charge is 0.0922 e. The second-order valence-electron chi connectivity index (χ2n) is 2.55. The van der Waals surface area contributed by atoms with Crippen LogP contribution in [0.25, 0.3) is 0 Å². The maximum atomic E-state index is 11.8. The van der Waals surface area contributed by atoms with E-state index in [-0.39, 0.29) is 6.42 Å². The summed E-state index contributed by atoms with van der Waals surface area (Å²) < 4.78 is 11.8. The molecule has 1 N–H and O–H groups in total. The first-order valence-corrected chi connectivity index (χ1v) is 4.11. The molecule has 0 amide bonds. The molecule has 1 aromatic carbocycles. The second kappa shape index (κ2) is 4.43. The molecule has 0 aromatic heterocycles. The third-order valence-corrected chi connectivity index (χ3v) is 1.89. The van der Waals surface area contributed by atoms with Gasteiger partial charge in [-0.25, -0.2) is 0 Å². The van der Waals surface area contributed by atoms with Crippen molar-refractivity contribution in [3.05, 3.63) is 34.9 Å². The quantitative estimate of drug-likeness (QED) is 0.774. The third-order valence-electron chi connectivity index (χ3n) is 1.64. The summed E-state index contributed by atoms with van der Waals surface area (Å²) in [5, 5.41) is 9.95. The Morgan fingerprint density at radius 2 is 1.92 bits per heavy atom. The van der Waals surface area contributed by atoms with E-state index in [1.807, 2.05) is 0 Å². The van der Waals surface area contributed by atoms with E-state index in [9.17, 15) is 9.50 Å². The van der Waals surface area contributed by atoms with Gasteiger partial charge in [-0.1, -0.05) is 23.7 Å². The molecular formula is C9H10ClFO. The molecule has 0 bridgehead atoms. The largest absolute Gasteiger partial charge is 0.388 e. The Morgan fingerprint density at radius 3 is 2.42 bits per heavy atom. The van der Waals surface area contributed by atoms with Gasteiger partial charge in [0.05, 0.1) is 12.8 Å². The van der Waals surface area contributed by atoms with Crippen molar-refractivity contribution in [3.8, 4) is 0 Å². The number of hydrogen-bond acceptors (Lipinski definition) is 1. The van der Waals surface area contributed by atoms with Gasteiger partial charge in [-0.05, 0) is 17.7 Å². The number of benzene rings is 1. The number of alkyl halides is 1. The Morgan fingerprint density at radius 1 is 1.33 bits per heavy atom. The zero-order chi connectivity index (χ0) is 8.97. The van der Waals surface area contributed by atoms with Crippen molar-refractivity contribution in [1.82, 2.24) is 0 Å². The molecule has 0 aliphatic carbocycles. The van der Waals surface area contributed by atoms with Crippen LogP contribution in [-0.4, -0.2) is 11.8 Å². The molecule has 1 rings (SSSR count). The van der Waals surface area contributed by atoms with E-state index in [1.54, 1.807) is 24.3 Å². The van der Waals surface area contributed by atoms with E-state index in [1.165, 1.54) is 0 Å². The van der Waals surface area contributed by atoms with Crippen molar-refractivity contribution >= 4 is 11.6 Å². The Bertz CT molecular complexity index is 235. The summed E-state index contributed by atoms with van der Waals surface area (Å²) in [5.41, 5.74) is 0.706. The van der Waals surface area contributed by atoms with E-state index >= 15 is 0 Å². The highest BCUT2D eigenvalue weighted by molar-refractivity contribution is 6.30. The van der Waals surface area contributed by atoms with Crippen LogP contribution in [0.15, 0.2) is 24.3 Å².